The number of unbranched alkanes of at least 4 members (excludes halogenated alkanes) is 1. The maximum Gasteiger partial charge on any atom is 0.277 e. The van der Waals surface area contributed by atoms with Gasteiger partial charge in [0, 0.05) is 29.1 Å². The number of hydrogen-bond donors (Lipinski definition) is 3. The minimum absolute atomic E-state index is 0.0119. The fraction of sp³-hybridized carbons (Fsp3) is 0.320. The van der Waals surface area contributed by atoms with E-state index in [1.165, 1.54) is 0 Å². The van der Waals surface area contributed by atoms with Gasteiger partial charge in [0.2, 0.25) is 0 Å². The van der Waals surface area contributed by atoms with E-state index in [-0.39, 0.29) is 16.8 Å². The van der Waals surface area contributed by atoms with Crippen LogP contribution in [0.25, 0.3) is 11.0 Å². The summed E-state index contributed by atoms with van der Waals surface area (Å²) < 4.78 is 18.5. The lowest BCUT2D eigenvalue weighted by atomic mass is 10.1. The zero-order chi connectivity index (χ0) is 25.8. The molecule has 0 unspecified atom stereocenters. The summed E-state index contributed by atoms with van der Waals surface area (Å²) in [5.74, 6) is -0.712. The third-order valence-corrected chi connectivity index (χ3v) is 7.54. The molecule has 8 nitrogen and oxygen atoms in total. The molecule has 3 N–H and O–H groups in total. The lowest BCUT2D eigenvalue weighted by Gasteiger charge is -2.16. The van der Waals surface area contributed by atoms with Crippen LogP contribution in [-0.2, 0) is 11.4 Å². The molecule has 0 atom stereocenters. The fourth-order valence-corrected chi connectivity index (χ4v) is 5.12. The number of benzene rings is 2. The molecule has 194 valence electrons. The number of amides is 1. The van der Waals surface area contributed by atoms with E-state index >= 15 is 4.39 Å². The number of carbonyl (C=O) groups is 1. The Labute approximate surface area is 230 Å². The Balaban J connectivity index is 1.37. The van der Waals surface area contributed by atoms with Gasteiger partial charge < -0.3 is 15.2 Å². The van der Waals surface area contributed by atoms with Gasteiger partial charge in [-0.05, 0) is 55.9 Å². The van der Waals surface area contributed by atoms with Gasteiger partial charge in [-0.15, -0.1) is 11.3 Å². The number of hydrogen-bond acceptors (Lipinski definition) is 7. The van der Waals surface area contributed by atoms with Crippen molar-refractivity contribution in [2.45, 2.75) is 32.2 Å². The Bertz CT molecular complexity index is 1400. The molecule has 37 heavy (non-hydrogen) atoms. The molecule has 1 amide bonds. The molecule has 1 aliphatic rings. The maximum absolute atomic E-state index is 15.8. The van der Waals surface area contributed by atoms with Crippen molar-refractivity contribution in [1.29, 1.82) is 0 Å². The highest BCUT2D eigenvalue weighted by molar-refractivity contribution is 9.10. The van der Waals surface area contributed by atoms with Gasteiger partial charge in [0.1, 0.15) is 5.52 Å². The molecule has 0 bridgehead atoms. The van der Waals surface area contributed by atoms with E-state index in [0.29, 0.717) is 35.3 Å². The highest BCUT2D eigenvalue weighted by Gasteiger charge is 2.25. The number of nitrogens with one attached hydrogen (secondary N) is 3. The Morgan fingerprint density at radius 3 is 2.89 bits per heavy atom. The highest BCUT2D eigenvalue weighted by atomic mass is 79.9. The first-order chi connectivity index (χ1) is 18.0. The molecule has 2 aromatic carbocycles. The first-order valence-electron chi connectivity index (χ1n) is 11.9. The molecule has 2 aromatic heterocycles. The van der Waals surface area contributed by atoms with Gasteiger partial charge in [0.05, 0.1) is 40.4 Å². The van der Waals surface area contributed by atoms with Gasteiger partial charge >= 0.3 is 0 Å². The topological polar surface area (TPSA) is 93.1 Å². The summed E-state index contributed by atoms with van der Waals surface area (Å²) in [6.45, 7) is 1.84. The standard InChI is InChI=1S/C25H25BrClFN6O2S/c26-16-5-6-19(18(27)11-16)32-22-17(24(35)33-36-13-15-3-4-15)12-20-23(21(22)28)31-14-34(20)9-2-1-7-29-25-30-8-10-37-25/h5-6,8,10-12,14-15,32H,1-4,7,9,13H2,(H,29,30)(H,33,35). The van der Waals surface area contributed by atoms with E-state index in [0.717, 1.165) is 41.8 Å². The minimum atomic E-state index is -0.631. The van der Waals surface area contributed by atoms with Crippen LogP contribution in [-0.4, -0.2) is 33.6 Å². The van der Waals surface area contributed by atoms with Crippen LogP contribution in [0.2, 0.25) is 5.02 Å². The quantitative estimate of drug-likeness (QED) is 0.122. The molecule has 1 aliphatic carbocycles. The van der Waals surface area contributed by atoms with Gasteiger partial charge in [0.15, 0.2) is 10.9 Å². The average molecular weight is 608 g/mol. The molecule has 5 rings (SSSR count). The lowest BCUT2D eigenvalue weighted by Crippen LogP contribution is -2.26. The molecule has 0 radical (unpaired) electrons. The number of rotatable bonds is 12. The number of aromatic nitrogens is 3. The van der Waals surface area contributed by atoms with Gasteiger partial charge in [-0.2, -0.15) is 0 Å². The first-order valence-corrected chi connectivity index (χ1v) is 14.0. The minimum Gasteiger partial charge on any atom is -0.362 e. The van der Waals surface area contributed by atoms with Crippen molar-refractivity contribution in [2.75, 3.05) is 23.8 Å². The number of fused-ring (bicyclic) bond motifs is 1. The summed E-state index contributed by atoms with van der Waals surface area (Å²) in [4.78, 5) is 27.0. The summed E-state index contributed by atoms with van der Waals surface area (Å²) in [5, 5.41) is 9.47. The second-order valence-electron chi connectivity index (χ2n) is 8.82. The van der Waals surface area contributed by atoms with Crippen LogP contribution in [0.5, 0.6) is 0 Å². The lowest BCUT2D eigenvalue weighted by molar-refractivity contribution is 0.0271. The second kappa shape index (κ2) is 11.8. The van der Waals surface area contributed by atoms with Crippen LogP contribution in [0, 0.1) is 11.7 Å². The van der Waals surface area contributed by atoms with Crippen LogP contribution >= 0.6 is 38.9 Å². The summed E-state index contributed by atoms with van der Waals surface area (Å²) >= 11 is 11.3. The smallest absolute Gasteiger partial charge is 0.277 e. The van der Waals surface area contributed by atoms with Crippen LogP contribution < -0.4 is 16.1 Å². The third-order valence-electron chi connectivity index (χ3n) is 6.01. The molecule has 1 saturated carbocycles. The highest BCUT2D eigenvalue weighted by Crippen LogP contribution is 2.34. The van der Waals surface area contributed by atoms with Crippen molar-refractivity contribution >= 4 is 72.3 Å². The van der Waals surface area contributed by atoms with E-state index in [4.69, 9.17) is 16.4 Å². The number of carbonyl (C=O) groups excluding carboxylic acids is 1. The Morgan fingerprint density at radius 1 is 1.27 bits per heavy atom. The molecule has 0 aliphatic heterocycles. The van der Waals surface area contributed by atoms with Crippen LogP contribution in [0.3, 0.4) is 0 Å². The molecule has 2 heterocycles. The van der Waals surface area contributed by atoms with E-state index in [1.54, 1.807) is 48.1 Å². The van der Waals surface area contributed by atoms with E-state index in [2.05, 4.69) is 42.0 Å². The first kappa shape index (κ1) is 25.9. The van der Waals surface area contributed by atoms with Crippen molar-refractivity contribution in [2.24, 2.45) is 5.92 Å². The molecular weight excluding hydrogens is 583 g/mol. The molecule has 1 fully saturated rings. The van der Waals surface area contributed by atoms with E-state index in [9.17, 15) is 4.79 Å². The molecule has 0 spiro atoms. The predicted molar refractivity (Wildman–Crippen MR) is 148 cm³/mol. The molecule has 4 aromatic rings. The summed E-state index contributed by atoms with van der Waals surface area (Å²) in [6, 6.07) is 6.82. The predicted octanol–water partition coefficient (Wildman–Crippen LogP) is 6.76. The van der Waals surface area contributed by atoms with Gasteiger partial charge in [-0.3, -0.25) is 9.63 Å². The largest absolute Gasteiger partial charge is 0.362 e. The van der Waals surface area contributed by atoms with Crippen LogP contribution in [0.1, 0.15) is 36.0 Å². The number of imidazole rings is 1. The van der Waals surface area contributed by atoms with Crippen molar-refractivity contribution in [3.8, 4) is 0 Å². The van der Waals surface area contributed by atoms with Crippen molar-refractivity contribution in [3.05, 3.63) is 63.0 Å². The molecule has 12 heteroatoms. The van der Waals surface area contributed by atoms with Gasteiger partial charge in [-0.1, -0.05) is 27.5 Å². The Morgan fingerprint density at radius 2 is 2.14 bits per heavy atom. The van der Waals surface area contributed by atoms with Crippen molar-refractivity contribution < 1.29 is 14.0 Å². The zero-order valence-corrected chi connectivity index (χ0v) is 22.9. The number of halogens is 3. The average Bonchev–Trinajstić information content (AvgIpc) is 3.38. The molecular formula is C25H25BrClFN6O2S. The normalized spacial score (nSPS) is 13.2. The fourth-order valence-electron chi connectivity index (χ4n) is 3.84. The van der Waals surface area contributed by atoms with Gasteiger partial charge in [0.25, 0.3) is 5.91 Å². The van der Waals surface area contributed by atoms with Crippen molar-refractivity contribution in [3.63, 3.8) is 0 Å². The molecule has 0 saturated heterocycles. The number of nitrogens with zero attached hydrogens (tertiary/aromatic N) is 3. The van der Waals surface area contributed by atoms with E-state index < -0.39 is 11.7 Å². The summed E-state index contributed by atoms with van der Waals surface area (Å²) in [6.07, 6.45) is 7.27. The number of aryl methyl sites for hydroxylation is 1. The maximum atomic E-state index is 15.8. The van der Waals surface area contributed by atoms with E-state index in [1.807, 2.05) is 9.95 Å². The number of anilines is 3. The Hall–Kier alpha value is -2.73. The summed E-state index contributed by atoms with van der Waals surface area (Å²) in [7, 11) is 0. The Kier molecular flexibility index (Phi) is 8.23. The monoisotopic (exact) mass is 606 g/mol. The number of hydroxylamine groups is 1. The van der Waals surface area contributed by atoms with Crippen LogP contribution in [0.4, 0.5) is 20.9 Å². The van der Waals surface area contributed by atoms with Crippen molar-refractivity contribution in [1.82, 2.24) is 20.0 Å². The SMILES string of the molecule is O=C(NOCC1CC1)c1cc2c(ncn2CCCCNc2nccs2)c(F)c1Nc1ccc(Br)cc1Cl. The third kappa shape index (κ3) is 6.40. The zero-order valence-electron chi connectivity index (χ0n) is 19.8. The van der Waals surface area contributed by atoms with Crippen LogP contribution in [0.15, 0.2) is 46.6 Å². The number of thiazole rings is 1. The van der Waals surface area contributed by atoms with Gasteiger partial charge in [-0.25, -0.2) is 19.8 Å². The summed E-state index contributed by atoms with van der Waals surface area (Å²) in [5.41, 5.74) is 3.73. The second-order valence-corrected chi connectivity index (χ2v) is 11.0.